The first-order chi connectivity index (χ1) is 6.79. The lowest BCUT2D eigenvalue weighted by atomic mass is 10.1. The molecule has 0 amide bonds. The van der Waals surface area contributed by atoms with E-state index in [0.29, 0.717) is 11.4 Å². The van der Waals surface area contributed by atoms with Gasteiger partial charge in [0.05, 0.1) is 0 Å². The van der Waals surface area contributed by atoms with Crippen molar-refractivity contribution < 1.29 is 0 Å². The first-order valence-electron chi connectivity index (χ1n) is 4.18. The van der Waals surface area contributed by atoms with Crippen LogP contribution in [-0.2, 0) is 0 Å². The second-order valence-electron chi connectivity index (χ2n) is 2.93. The van der Waals surface area contributed by atoms with Crippen molar-refractivity contribution in [3.05, 3.63) is 36.9 Å². The Hall–Kier alpha value is -2.10. The number of rotatable bonds is 1. The molecule has 2 heterocycles. The number of pyridine rings is 2. The van der Waals surface area contributed by atoms with Gasteiger partial charge < -0.3 is 11.5 Å². The zero-order valence-corrected chi connectivity index (χ0v) is 7.51. The highest BCUT2D eigenvalue weighted by molar-refractivity contribution is 5.82. The Bertz CT molecular complexity index is 410. The number of nitrogens with two attached hydrogens (primary N) is 2. The summed E-state index contributed by atoms with van der Waals surface area (Å²) >= 11 is 0. The molecule has 4 heteroatoms. The maximum absolute atomic E-state index is 5.80. The number of hydrogen-bond acceptors (Lipinski definition) is 4. The van der Waals surface area contributed by atoms with E-state index in [1.54, 1.807) is 36.9 Å². The fraction of sp³-hybridized carbons (Fsp3) is 0. The Kier molecular flexibility index (Phi) is 2.02. The minimum absolute atomic E-state index is 0.653. The minimum atomic E-state index is 0.653. The monoisotopic (exact) mass is 186 g/mol. The standard InChI is InChI=1S/C10H10N4/c11-9-1-3-13-5-7(9)8-6-14-4-2-10(8)12/h1-6H,(H2,11,13)(H2,12,14). The molecule has 0 bridgehead atoms. The molecule has 0 spiro atoms. The zero-order chi connectivity index (χ0) is 9.97. The highest BCUT2D eigenvalue weighted by atomic mass is 14.7. The van der Waals surface area contributed by atoms with Gasteiger partial charge in [-0.05, 0) is 12.1 Å². The minimum Gasteiger partial charge on any atom is -0.398 e. The zero-order valence-electron chi connectivity index (χ0n) is 7.51. The summed E-state index contributed by atoms with van der Waals surface area (Å²) < 4.78 is 0. The maximum atomic E-state index is 5.80. The Labute approximate surface area is 81.6 Å². The quantitative estimate of drug-likeness (QED) is 0.703. The summed E-state index contributed by atoms with van der Waals surface area (Å²) in [5, 5.41) is 0. The highest BCUT2D eigenvalue weighted by Gasteiger charge is 2.05. The van der Waals surface area contributed by atoms with Gasteiger partial charge in [0.2, 0.25) is 0 Å². The molecule has 0 aromatic carbocycles. The fourth-order valence-electron chi connectivity index (χ4n) is 1.26. The van der Waals surface area contributed by atoms with Crippen molar-refractivity contribution in [3.63, 3.8) is 0 Å². The van der Waals surface area contributed by atoms with E-state index >= 15 is 0 Å². The SMILES string of the molecule is Nc1ccncc1-c1cnccc1N. The third kappa shape index (κ3) is 1.37. The molecule has 2 aromatic rings. The lowest BCUT2D eigenvalue weighted by Gasteiger charge is -2.06. The van der Waals surface area contributed by atoms with E-state index in [9.17, 15) is 0 Å². The molecular weight excluding hydrogens is 176 g/mol. The third-order valence-corrected chi connectivity index (χ3v) is 2.00. The Balaban J connectivity index is 2.61. The van der Waals surface area contributed by atoms with E-state index in [4.69, 9.17) is 11.5 Å². The van der Waals surface area contributed by atoms with Crippen LogP contribution in [0.25, 0.3) is 11.1 Å². The number of nitrogen functional groups attached to an aromatic ring is 2. The number of nitrogens with zero attached hydrogens (tertiary/aromatic N) is 2. The Morgan fingerprint density at radius 3 is 1.57 bits per heavy atom. The molecule has 0 aliphatic heterocycles. The lowest BCUT2D eigenvalue weighted by Crippen LogP contribution is -1.95. The van der Waals surface area contributed by atoms with Crippen molar-refractivity contribution in [2.75, 3.05) is 11.5 Å². The predicted octanol–water partition coefficient (Wildman–Crippen LogP) is 1.31. The van der Waals surface area contributed by atoms with Crippen LogP contribution in [0.1, 0.15) is 0 Å². The van der Waals surface area contributed by atoms with Gasteiger partial charge in [0, 0.05) is 47.3 Å². The van der Waals surface area contributed by atoms with Crippen molar-refractivity contribution in [2.45, 2.75) is 0 Å². The van der Waals surface area contributed by atoms with Crippen LogP contribution in [0.15, 0.2) is 36.9 Å². The van der Waals surface area contributed by atoms with Gasteiger partial charge in [0.25, 0.3) is 0 Å². The van der Waals surface area contributed by atoms with Crippen LogP contribution in [0.5, 0.6) is 0 Å². The summed E-state index contributed by atoms with van der Waals surface area (Å²) in [5.41, 5.74) is 14.5. The predicted molar refractivity (Wildman–Crippen MR) is 56.3 cm³/mol. The first kappa shape index (κ1) is 8.50. The number of aromatic nitrogens is 2. The van der Waals surface area contributed by atoms with Crippen LogP contribution in [0.2, 0.25) is 0 Å². The van der Waals surface area contributed by atoms with Crippen molar-refractivity contribution >= 4 is 11.4 Å². The summed E-state index contributed by atoms with van der Waals surface area (Å²) in [6.07, 6.45) is 6.65. The topological polar surface area (TPSA) is 77.8 Å². The second kappa shape index (κ2) is 3.33. The average molecular weight is 186 g/mol. The molecule has 0 atom stereocenters. The second-order valence-corrected chi connectivity index (χ2v) is 2.93. The van der Waals surface area contributed by atoms with Crippen LogP contribution in [0, 0.1) is 0 Å². The maximum Gasteiger partial charge on any atom is 0.0426 e. The fourth-order valence-corrected chi connectivity index (χ4v) is 1.26. The van der Waals surface area contributed by atoms with Gasteiger partial charge in [-0.2, -0.15) is 0 Å². The van der Waals surface area contributed by atoms with Crippen molar-refractivity contribution in [1.29, 1.82) is 0 Å². The molecule has 0 aliphatic rings. The molecule has 0 radical (unpaired) electrons. The molecule has 2 rings (SSSR count). The molecule has 0 saturated carbocycles. The molecule has 14 heavy (non-hydrogen) atoms. The smallest absolute Gasteiger partial charge is 0.0426 e. The molecule has 2 aromatic heterocycles. The van der Waals surface area contributed by atoms with Crippen LogP contribution in [0.3, 0.4) is 0 Å². The van der Waals surface area contributed by atoms with Gasteiger partial charge in [-0.25, -0.2) is 0 Å². The van der Waals surface area contributed by atoms with Gasteiger partial charge >= 0.3 is 0 Å². The Morgan fingerprint density at radius 1 is 0.786 bits per heavy atom. The number of anilines is 2. The van der Waals surface area contributed by atoms with E-state index in [2.05, 4.69) is 9.97 Å². The summed E-state index contributed by atoms with van der Waals surface area (Å²) in [4.78, 5) is 8.00. The van der Waals surface area contributed by atoms with Gasteiger partial charge in [-0.15, -0.1) is 0 Å². The Morgan fingerprint density at radius 2 is 1.21 bits per heavy atom. The summed E-state index contributed by atoms with van der Waals surface area (Å²) in [5.74, 6) is 0. The molecule has 4 nitrogen and oxygen atoms in total. The molecule has 0 fully saturated rings. The van der Waals surface area contributed by atoms with E-state index in [0.717, 1.165) is 11.1 Å². The molecule has 0 aliphatic carbocycles. The van der Waals surface area contributed by atoms with Gasteiger partial charge in [0.15, 0.2) is 0 Å². The summed E-state index contributed by atoms with van der Waals surface area (Å²) in [6, 6.07) is 3.48. The van der Waals surface area contributed by atoms with Crippen LogP contribution in [0.4, 0.5) is 11.4 Å². The van der Waals surface area contributed by atoms with Gasteiger partial charge in [-0.1, -0.05) is 0 Å². The largest absolute Gasteiger partial charge is 0.398 e. The molecule has 4 N–H and O–H groups in total. The van der Waals surface area contributed by atoms with Gasteiger partial charge in [-0.3, -0.25) is 9.97 Å². The average Bonchev–Trinajstić information content (AvgIpc) is 2.20. The molecule has 0 saturated heterocycles. The van der Waals surface area contributed by atoms with Crippen molar-refractivity contribution in [1.82, 2.24) is 9.97 Å². The van der Waals surface area contributed by atoms with E-state index in [-0.39, 0.29) is 0 Å². The highest BCUT2D eigenvalue weighted by Crippen LogP contribution is 2.28. The van der Waals surface area contributed by atoms with Crippen molar-refractivity contribution in [2.24, 2.45) is 0 Å². The van der Waals surface area contributed by atoms with Crippen LogP contribution >= 0.6 is 0 Å². The number of hydrogen-bond donors (Lipinski definition) is 2. The van der Waals surface area contributed by atoms with Crippen LogP contribution < -0.4 is 11.5 Å². The van der Waals surface area contributed by atoms with Gasteiger partial charge in [0.1, 0.15) is 0 Å². The van der Waals surface area contributed by atoms with Crippen molar-refractivity contribution in [3.8, 4) is 11.1 Å². The van der Waals surface area contributed by atoms with E-state index in [1.807, 2.05) is 0 Å². The molecular formula is C10H10N4. The first-order valence-corrected chi connectivity index (χ1v) is 4.18. The normalized spacial score (nSPS) is 10.0. The third-order valence-electron chi connectivity index (χ3n) is 2.00. The summed E-state index contributed by atoms with van der Waals surface area (Å²) in [6.45, 7) is 0. The summed E-state index contributed by atoms with van der Waals surface area (Å²) in [7, 11) is 0. The molecule has 70 valence electrons. The molecule has 0 unspecified atom stereocenters. The lowest BCUT2D eigenvalue weighted by molar-refractivity contribution is 1.30. The van der Waals surface area contributed by atoms with E-state index in [1.165, 1.54) is 0 Å². The van der Waals surface area contributed by atoms with E-state index < -0.39 is 0 Å². The van der Waals surface area contributed by atoms with Crippen LogP contribution in [-0.4, -0.2) is 9.97 Å².